The van der Waals surface area contributed by atoms with E-state index in [0.29, 0.717) is 23.0 Å². The number of fused-ring (bicyclic) bond motifs is 1. The molecule has 1 amide bonds. The Hall–Kier alpha value is -3.68. The smallest absolute Gasteiger partial charge is 0.274 e. The normalized spacial score (nSPS) is 11.9. The highest BCUT2D eigenvalue weighted by Gasteiger charge is 2.14. The molecule has 0 unspecified atom stereocenters. The number of rotatable bonds is 4. The number of anilines is 3. The topological polar surface area (TPSA) is 85.4 Å². The Kier molecular flexibility index (Phi) is 4.06. The molecule has 0 radical (unpaired) electrons. The molecule has 0 spiro atoms. The van der Waals surface area contributed by atoms with Gasteiger partial charge in [0.1, 0.15) is 23.7 Å². The molecule has 130 valence electrons. The van der Waals surface area contributed by atoms with Gasteiger partial charge in [0.2, 0.25) is 6.79 Å². The van der Waals surface area contributed by atoms with Gasteiger partial charge in [-0.15, -0.1) is 0 Å². The quantitative estimate of drug-likeness (QED) is 0.749. The summed E-state index contributed by atoms with van der Waals surface area (Å²) in [5, 5.41) is 5.73. The number of benzene rings is 2. The van der Waals surface area contributed by atoms with Crippen LogP contribution in [0.15, 0.2) is 54.9 Å². The van der Waals surface area contributed by atoms with Crippen LogP contribution in [0.3, 0.4) is 0 Å². The van der Waals surface area contributed by atoms with Crippen LogP contribution in [0.5, 0.6) is 11.5 Å². The molecule has 2 N–H and O–H groups in total. The number of carbonyl (C=O) groups excluding carboxylic acids is 1. The summed E-state index contributed by atoms with van der Waals surface area (Å²) in [5.41, 5.74) is 1.38. The second kappa shape index (κ2) is 6.67. The van der Waals surface area contributed by atoms with Gasteiger partial charge in [0.25, 0.3) is 5.91 Å². The molecule has 4 rings (SSSR count). The zero-order chi connectivity index (χ0) is 17.9. The number of aromatic nitrogens is 2. The number of carbonyl (C=O) groups is 1. The zero-order valence-corrected chi connectivity index (χ0v) is 13.4. The predicted molar refractivity (Wildman–Crippen MR) is 92.2 cm³/mol. The third-order valence-electron chi connectivity index (χ3n) is 3.65. The summed E-state index contributed by atoms with van der Waals surface area (Å²) in [6, 6.07) is 12.4. The largest absolute Gasteiger partial charge is 0.454 e. The number of nitrogens with zero attached hydrogens (tertiary/aromatic N) is 2. The predicted octanol–water partition coefficient (Wildman–Crippen LogP) is 3.34. The minimum Gasteiger partial charge on any atom is -0.454 e. The Labute approximate surface area is 147 Å². The fraction of sp³-hybridized carbons (Fsp3) is 0.0556. The molecule has 26 heavy (non-hydrogen) atoms. The average molecular weight is 352 g/mol. The van der Waals surface area contributed by atoms with Gasteiger partial charge in [0.15, 0.2) is 11.5 Å². The van der Waals surface area contributed by atoms with Gasteiger partial charge < -0.3 is 20.1 Å². The summed E-state index contributed by atoms with van der Waals surface area (Å²) in [4.78, 5) is 20.4. The standard InChI is InChI=1S/C18H13FN4O3/c19-11-1-3-12(4-2-11)23-18(24)14-8-17(21-9-20-14)22-13-5-6-15-16(7-13)26-10-25-15/h1-9H,10H2,(H,23,24)(H,20,21,22). The molecule has 0 fully saturated rings. The number of halogens is 1. The average Bonchev–Trinajstić information content (AvgIpc) is 3.12. The van der Waals surface area contributed by atoms with Crippen LogP contribution in [0.1, 0.15) is 10.5 Å². The van der Waals surface area contributed by atoms with Crippen molar-refractivity contribution in [3.63, 3.8) is 0 Å². The zero-order valence-electron chi connectivity index (χ0n) is 13.4. The SMILES string of the molecule is O=C(Nc1ccc(F)cc1)c1cc(Nc2ccc3c(c2)OCO3)ncn1. The Bertz CT molecular complexity index is 963. The second-order valence-corrected chi connectivity index (χ2v) is 5.44. The molecule has 7 nitrogen and oxygen atoms in total. The highest BCUT2D eigenvalue weighted by molar-refractivity contribution is 6.03. The summed E-state index contributed by atoms with van der Waals surface area (Å²) < 4.78 is 23.5. The Morgan fingerprint density at radius 2 is 1.73 bits per heavy atom. The van der Waals surface area contributed by atoms with Crippen LogP contribution in [-0.2, 0) is 0 Å². The number of hydrogen-bond acceptors (Lipinski definition) is 6. The van der Waals surface area contributed by atoms with Crippen LogP contribution in [0.25, 0.3) is 0 Å². The molecule has 3 aromatic rings. The molecule has 0 aliphatic carbocycles. The van der Waals surface area contributed by atoms with E-state index in [1.54, 1.807) is 12.1 Å². The van der Waals surface area contributed by atoms with Gasteiger partial charge >= 0.3 is 0 Å². The lowest BCUT2D eigenvalue weighted by Gasteiger charge is -2.08. The molecule has 0 saturated carbocycles. The van der Waals surface area contributed by atoms with Crippen molar-refractivity contribution < 1.29 is 18.7 Å². The van der Waals surface area contributed by atoms with E-state index in [1.807, 2.05) is 6.07 Å². The lowest BCUT2D eigenvalue weighted by Crippen LogP contribution is -2.14. The molecule has 1 aliphatic rings. The molecule has 1 aromatic heterocycles. The van der Waals surface area contributed by atoms with Crippen LogP contribution >= 0.6 is 0 Å². The van der Waals surface area contributed by atoms with E-state index in [4.69, 9.17) is 9.47 Å². The van der Waals surface area contributed by atoms with E-state index in [1.165, 1.54) is 36.7 Å². The van der Waals surface area contributed by atoms with Crippen LogP contribution in [0, 0.1) is 5.82 Å². The van der Waals surface area contributed by atoms with Gasteiger partial charge in [-0.3, -0.25) is 4.79 Å². The summed E-state index contributed by atoms with van der Waals surface area (Å²) in [7, 11) is 0. The van der Waals surface area contributed by atoms with E-state index in [2.05, 4.69) is 20.6 Å². The monoisotopic (exact) mass is 352 g/mol. The van der Waals surface area contributed by atoms with Crippen molar-refractivity contribution in [2.75, 3.05) is 17.4 Å². The molecule has 8 heteroatoms. The minimum atomic E-state index is -0.423. The first-order valence-electron chi connectivity index (χ1n) is 7.73. The number of amides is 1. The summed E-state index contributed by atoms with van der Waals surface area (Å²) in [5.74, 6) is 0.965. The van der Waals surface area contributed by atoms with Crippen molar-refractivity contribution in [1.82, 2.24) is 9.97 Å². The fourth-order valence-electron chi connectivity index (χ4n) is 2.40. The number of ether oxygens (including phenoxy) is 2. The lowest BCUT2D eigenvalue weighted by molar-refractivity contribution is 0.102. The van der Waals surface area contributed by atoms with Gasteiger partial charge in [0.05, 0.1) is 0 Å². The van der Waals surface area contributed by atoms with Crippen molar-refractivity contribution in [3.05, 3.63) is 66.4 Å². The first-order chi connectivity index (χ1) is 12.7. The van der Waals surface area contributed by atoms with Gasteiger partial charge in [0, 0.05) is 23.5 Å². The number of nitrogens with one attached hydrogen (secondary N) is 2. The van der Waals surface area contributed by atoms with Crippen molar-refractivity contribution in [1.29, 1.82) is 0 Å². The van der Waals surface area contributed by atoms with Gasteiger partial charge in [-0.1, -0.05) is 0 Å². The van der Waals surface area contributed by atoms with Crippen LogP contribution < -0.4 is 20.1 Å². The van der Waals surface area contributed by atoms with E-state index in [-0.39, 0.29) is 18.3 Å². The van der Waals surface area contributed by atoms with Gasteiger partial charge in [-0.05, 0) is 36.4 Å². The molecule has 2 aromatic carbocycles. The minimum absolute atomic E-state index is 0.174. The molecule has 2 heterocycles. The highest BCUT2D eigenvalue weighted by Crippen LogP contribution is 2.34. The van der Waals surface area contributed by atoms with E-state index < -0.39 is 5.91 Å². The van der Waals surface area contributed by atoms with Crippen molar-refractivity contribution in [2.24, 2.45) is 0 Å². The van der Waals surface area contributed by atoms with Crippen LogP contribution in [-0.4, -0.2) is 22.7 Å². The highest BCUT2D eigenvalue weighted by atomic mass is 19.1. The summed E-state index contributed by atoms with van der Waals surface area (Å²) >= 11 is 0. The maximum Gasteiger partial charge on any atom is 0.274 e. The van der Waals surface area contributed by atoms with E-state index in [0.717, 1.165) is 5.69 Å². The van der Waals surface area contributed by atoms with Crippen molar-refractivity contribution >= 4 is 23.1 Å². The first-order valence-corrected chi connectivity index (χ1v) is 7.73. The van der Waals surface area contributed by atoms with Gasteiger partial charge in [-0.2, -0.15) is 0 Å². The Morgan fingerprint density at radius 1 is 0.962 bits per heavy atom. The van der Waals surface area contributed by atoms with Crippen molar-refractivity contribution in [2.45, 2.75) is 0 Å². The van der Waals surface area contributed by atoms with Crippen molar-refractivity contribution in [3.8, 4) is 11.5 Å². The van der Waals surface area contributed by atoms with E-state index in [9.17, 15) is 9.18 Å². The third kappa shape index (κ3) is 3.39. The summed E-state index contributed by atoms with van der Waals surface area (Å²) in [6.07, 6.45) is 1.29. The molecular weight excluding hydrogens is 339 g/mol. The molecule has 0 atom stereocenters. The first kappa shape index (κ1) is 15.8. The van der Waals surface area contributed by atoms with E-state index >= 15 is 0 Å². The van der Waals surface area contributed by atoms with Gasteiger partial charge in [-0.25, -0.2) is 14.4 Å². The maximum absolute atomic E-state index is 12.9. The van der Waals surface area contributed by atoms with Crippen LogP contribution in [0.4, 0.5) is 21.6 Å². The maximum atomic E-state index is 12.9. The molecular formula is C18H13FN4O3. The fourth-order valence-corrected chi connectivity index (χ4v) is 2.40. The van der Waals surface area contributed by atoms with Crippen LogP contribution in [0.2, 0.25) is 0 Å². The molecule has 0 saturated heterocycles. The molecule has 0 bridgehead atoms. The summed E-state index contributed by atoms with van der Waals surface area (Å²) in [6.45, 7) is 0.194. The number of hydrogen-bond donors (Lipinski definition) is 2. The third-order valence-corrected chi connectivity index (χ3v) is 3.65. The Balaban J connectivity index is 1.49. The lowest BCUT2D eigenvalue weighted by atomic mass is 10.2. The second-order valence-electron chi connectivity index (χ2n) is 5.44. The Morgan fingerprint density at radius 3 is 2.58 bits per heavy atom. The molecule has 1 aliphatic heterocycles.